The minimum Gasteiger partial charge on any atom is -0.497 e. The van der Waals surface area contributed by atoms with Crippen LogP contribution in [0.3, 0.4) is 0 Å². The van der Waals surface area contributed by atoms with Gasteiger partial charge in [0.2, 0.25) is 0 Å². The molecule has 0 amide bonds. The zero-order chi connectivity index (χ0) is 20.1. The second kappa shape index (κ2) is 9.45. The zero-order valence-electron chi connectivity index (χ0n) is 16.6. The number of hydrogen-bond acceptors (Lipinski definition) is 5. The van der Waals surface area contributed by atoms with Crippen molar-refractivity contribution in [2.45, 2.75) is 30.3 Å². The zero-order valence-corrected chi connectivity index (χ0v) is 18.2. The van der Waals surface area contributed by atoms with Gasteiger partial charge in [0.15, 0.2) is 11.0 Å². The minimum atomic E-state index is 0.171. The summed E-state index contributed by atoms with van der Waals surface area (Å²) in [6.07, 6.45) is 0.941. The van der Waals surface area contributed by atoms with E-state index in [9.17, 15) is 0 Å². The van der Waals surface area contributed by atoms with Gasteiger partial charge < -0.3 is 4.74 Å². The van der Waals surface area contributed by atoms with Crippen LogP contribution < -0.4 is 4.74 Å². The number of benzene rings is 2. The molecule has 1 atom stereocenters. The third-order valence-corrected chi connectivity index (χ3v) is 5.96. The van der Waals surface area contributed by atoms with Crippen molar-refractivity contribution in [3.63, 3.8) is 0 Å². The van der Waals surface area contributed by atoms with E-state index in [1.165, 1.54) is 0 Å². The average molecular weight is 417 g/mol. The van der Waals surface area contributed by atoms with Crippen molar-refractivity contribution in [2.24, 2.45) is 0 Å². The number of nitrogens with zero attached hydrogens (tertiary/aromatic N) is 4. The van der Waals surface area contributed by atoms with Gasteiger partial charge in [-0.1, -0.05) is 48.5 Å². The van der Waals surface area contributed by atoms with Crippen molar-refractivity contribution in [1.82, 2.24) is 19.7 Å². The fourth-order valence-electron chi connectivity index (χ4n) is 3.10. The van der Waals surface area contributed by atoms with Gasteiger partial charge in [-0.05, 0) is 56.4 Å². The summed E-state index contributed by atoms with van der Waals surface area (Å²) in [5, 5.41) is 10.7. The molecule has 0 aliphatic carbocycles. The van der Waals surface area contributed by atoms with Crippen LogP contribution >= 0.6 is 23.4 Å². The van der Waals surface area contributed by atoms with E-state index >= 15 is 0 Å². The lowest BCUT2D eigenvalue weighted by atomic mass is 10.2. The summed E-state index contributed by atoms with van der Waals surface area (Å²) in [6, 6.07) is 16.1. The second-order valence-electron chi connectivity index (χ2n) is 6.64. The molecule has 0 aliphatic rings. The number of halogens is 1. The van der Waals surface area contributed by atoms with Crippen molar-refractivity contribution in [2.75, 3.05) is 21.2 Å². The highest BCUT2D eigenvalue weighted by Crippen LogP contribution is 2.32. The topological polar surface area (TPSA) is 43.2 Å². The molecule has 148 valence electrons. The van der Waals surface area contributed by atoms with Crippen LogP contribution in [0, 0.1) is 0 Å². The van der Waals surface area contributed by atoms with Gasteiger partial charge in [0, 0.05) is 16.5 Å². The van der Waals surface area contributed by atoms with Crippen LogP contribution in [0.1, 0.15) is 30.8 Å². The Bertz CT molecular complexity index is 911. The third-order valence-electron chi connectivity index (χ3n) is 4.61. The van der Waals surface area contributed by atoms with Crippen LogP contribution in [0.15, 0.2) is 53.7 Å². The Kier molecular flexibility index (Phi) is 6.99. The Balaban J connectivity index is 1.99. The SMILES string of the molecule is CCC(c1nnc(SCc2ccccc2Cl)n1-c1ccc(OC)cc1)N(C)C. The standard InChI is InChI=1S/C21H25ClN4OS/c1-5-19(25(2)3)20-23-24-21(28-14-15-8-6-7-9-18(15)22)26(20)16-10-12-17(27-4)13-11-16/h6-13,19H,5,14H2,1-4H3. The summed E-state index contributed by atoms with van der Waals surface area (Å²) in [5.41, 5.74) is 2.10. The van der Waals surface area contributed by atoms with Gasteiger partial charge >= 0.3 is 0 Å². The number of aromatic nitrogens is 3. The number of rotatable bonds is 8. The fraction of sp³-hybridized carbons (Fsp3) is 0.333. The van der Waals surface area contributed by atoms with Gasteiger partial charge in [0.25, 0.3) is 0 Å². The van der Waals surface area contributed by atoms with Crippen molar-refractivity contribution in [3.05, 3.63) is 64.9 Å². The molecule has 3 rings (SSSR count). The molecule has 1 heterocycles. The third kappa shape index (κ3) is 4.51. The van der Waals surface area contributed by atoms with Gasteiger partial charge in [-0.25, -0.2) is 0 Å². The second-order valence-corrected chi connectivity index (χ2v) is 7.99. The Morgan fingerprint density at radius 1 is 1.11 bits per heavy atom. The quantitative estimate of drug-likeness (QED) is 0.470. The molecule has 0 bridgehead atoms. The van der Waals surface area contributed by atoms with E-state index in [1.807, 2.05) is 48.5 Å². The van der Waals surface area contributed by atoms with Gasteiger partial charge in [-0.2, -0.15) is 0 Å². The van der Waals surface area contributed by atoms with Crippen molar-refractivity contribution < 1.29 is 4.74 Å². The molecule has 2 aromatic carbocycles. The van der Waals surface area contributed by atoms with Gasteiger partial charge in [-0.15, -0.1) is 10.2 Å². The fourth-order valence-corrected chi connectivity index (χ4v) is 4.35. The smallest absolute Gasteiger partial charge is 0.196 e. The van der Waals surface area contributed by atoms with Crippen molar-refractivity contribution in [3.8, 4) is 11.4 Å². The molecule has 0 aliphatic heterocycles. The molecule has 28 heavy (non-hydrogen) atoms. The number of thioether (sulfide) groups is 1. The van der Waals surface area contributed by atoms with Gasteiger partial charge in [-0.3, -0.25) is 9.47 Å². The van der Waals surface area contributed by atoms with Crippen molar-refractivity contribution >= 4 is 23.4 Å². The first-order valence-electron chi connectivity index (χ1n) is 9.17. The molecule has 0 radical (unpaired) electrons. The molecule has 0 fully saturated rings. The summed E-state index contributed by atoms with van der Waals surface area (Å²) in [5.74, 6) is 2.48. The van der Waals surface area contributed by atoms with E-state index in [4.69, 9.17) is 16.3 Å². The van der Waals surface area contributed by atoms with E-state index in [2.05, 4.69) is 40.7 Å². The molecule has 0 saturated carbocycles. The Labute approximate surface area is 175 Å². The highest BCUT2D eigenvalue weighted by molar-refractivity contribution is 7.98. The van der Waals surface area contributed by atoms with Crippen molar-refractivity contribution in [1.29, 1.82) is 0 Å². The maximum Gasteiger partial charge on any atom is 0.196 e. The molecule has 5 nitrogen and oxygen atoms in total. The number of methoxy groups -OCH3 is 1. The summed E-state index contributed by atoms with van der Waals surface area (Å²) in [4.78, 5) is 2.17. The molecule has 3 aromatic rings. The van der Waals surface area contributed by atoms with Crippen LogP contribution in [-0.4, -0.2) is 40.9 Å². The van der Waals surface area contributed by atoms with E-state index in [0.29, 0.717) is 0 Å². The first kappa shape index (κ1) is 20.7. The lowest BCUT2D eigenvalue weighted by molar-refractivity contribution is 0.276. The van der Waals surface area contributed by atoms with Crippen LogP contribution in [0.5, 0.6) is 5.75 Å². The predicted molar refractivity (Wildman–Crippen MR) is 116 cm³/mol. The monoisotopic (exact) mass is 416 g/mol. The Morgan fingerprint density at radius 3 is 2.43 bits per heavy atom. The molecular formula is C21H25ClN4OS. The maximum atomic E-state index is 6.32. The molecule has 7 heteroatoms. The minimum absolute atomic E-state index is 0.171. The van der Waals surface area contributed by atoms with E-state index in [1.54, 1.807) is 18.9 Å². The van der Waals surface area contributed by atoms with Crippen LogP contribution in [0.4, 0.5) is 0 Å². The molecule has 0 N–H and O–H groups in total. The van der Waals surface area contributed by atoms with Crippen LogP contribution in [0.25, 0.3) is 5.69 Å². The summed E-state index contributed by atoms with van der Waals surface area (Å²) in [7, 11) is 5.80. The van der Waals surface area contributed by atoms with Crippen LogP contribution in [0.2, 0.25) is 5.02 Å². The van der Waals surface area contributed by atoms with E-state index in [-0.39, 0.29) is 6.04 Å². The molecule has 0 saturated heterocycles. The normalized spacial score (nSPS) is 12.4. The largest absolute Gasteiger partial charge is 0.497 e. The summed E-state index contributed by atoms with van der Waals surface area (Å²) in [6.45, 7) is 2.16. The Hall–Kier alpha value is -2.02. The molecular weight excluding hydrogens is 392 g/mol. The van der Waals surface area contributed by atoms with E-state index in [0.717, 1.165) is 45.2 Å². The molecule has 1 unspecified atom stereocenters. The van der Waals surface area contributed by atoms with Gasteiger partial charge in [0.1, 0.15) is 5.75 Å². The summed E-state index contributed by atoms with van der Waals surface area (Å²) >= 11 is 7.96. The summed E-state index contributed by atoms with van der Waals surface area (Å²) < 4.78 is 7.44. The molecule has 0 spiro atoms. The molecule has 1 aromatic heterocycles. The predicted octanol–water partition coefficient (Wildman–Crippen LogP) is 5.23. The first-order chi connectivity index (χ1) is 13.5. The van der Waals surface area contributed by atoms with Gasteiger partial charge in [0.05, 0.1) is 13.2 Å². The highest BCUT2D eigenvalue weighted by Gasteiger charge is 2.23. The lowest BCUT2D eigenvalue weighted by Gasteiger charge is -2.23. The van der Waals surface area contributed by atoms with E-state index < -0.39 is 0 Å². The lowest BCUT2D eigenvalue weighted by Crippen LogP contribution is -2.22. The van der Waals surface area contributed by atoms with Crippen LogP contribution in [-0.2, 0) is 5.75 Å². The Morgan fingerprint density at radius 2 is 1.82 bits per heavy atom. The average Bonchev–Trinajstić information content (AvgIpc) is 3.11. The first-order valence-corrected chi connectivity index (χ1v) is 10.5. The maximum absolute atomic E-state index is 6.32. The number of ether oxygens (including phenoxy) is 1. The highest BCUT2D eigenvalue weighted by atomic mass is 35.5. The number of hydrogen-bond donors (Lipinski definition) is 0.